The number of nitrogens with one attached hydrogen (secondary N) is 1. The maximum Gasteiger partial charge on any atom is 0.143 e. The summed E-state index contributed by atoms with van der Waals surface area (Å²) in [6.45, 7) is 0. The van der Waals surface area contributed by atoms with Crippen molar-refractivity contribution in [2.45, 2.75) is 0 Å². The van der Waals surface area contributed by atoms with Crippen molar-refractivity contribution in [3.63, 3.8) is 0 Å². The molecule has 0 aromatic heterocycles. The Morgan fingerprint density at radius 3 is 2.82 bits per heavy atom. The minimum atomic E-state index is 0.625. The van der Waals surface area contributed by atoms with Crippen molar-refractivity contribution in [2.75, 3.05) is 17.6 Å². The van der Waals surface area contributed by atoms with Gasteiger partial charge < -0.3 is 15.2 Å². The summed E-state index contributed by atoms with van der Waals surface area (Å²) in [5, 5.41) is 0. The molecule has 4 heteroatoms. The highest BCUT2D eigenvalue weighted by atomic mass is 32.1. The van der Waals surface area contributed by atoms with Crippen LogP contribution >= 0.6 is 12.8 Å². The van der Waals surface area contributed by atoms with Gasteiger partial charge in [-0.2, -0.15) is 0 Å². The minimum Gasteiger partial charge on any atom is -0.495 e. The predicted octanol–water partition coefficient (Wildman–Crippen LogP) is 1.53. The normalized spacial score (nSPS) is 9.27. The van der Waals surface area contributed by atoms with E-state index >= 15 is 0 Å². The summed E-state index contributed by atoms with van der Waals surface area (Å²) in [4.78, 5) is 0. The molecule has 11 heavy (non-hydrogen) atoms. The quantitative estimate of drug-likeness (QED) is 0.466. The second kappa shape index (κ2) is 3.39. The molecule has 0 fully saturated rings. The van der Waals surface area contributed by atoms with Crippen LogP contribution in [-0.4, -0.2) is 7.11 Å². The molecule has 0 saturated heterocycles. The van der Waals surface area contributed by atoms with Gasteiger partial charge in [0.2, 0.25) is 0 Å². The number of hydrogen-bond donors (Lipinski definition) is 3. The number of rotatable bonds is 2. The second-order valence-corrected chi connectivity index (χ2v) is 2.29. The summed E-state index contributed by atoms with van der Waals surface area (Å²) >= 11 is 3.88. The van der Waals surface area contributed by atoms with Gasteiger partial charge in [-0.3, -0.25) is 0 Å². The molecule has 0 aliphatic carbocycles. The Morgan fingerprint density at radius 1 is 1.55 bits per heavy atom. The third kappa shape index (κ3) is 1.71. The van der Waals surface area contributed by atoms with Gasteiger partial charge in [0.25, 0.3) is 0 Å². The summed E-state index contributed by atoms with van der Waals surface area (Å²) < 4.78 is 7.68. The van der Waals surface area contributed by atoms with Crippen molar-refractivity contribution in [1.29, 1.82) is 0 Å². The number of methoxy groups -OCH3 is 1. The lowest BCUT2D eigenvalue weighted by atomic mass is 10.3. The topological polar surface area (TPSA) is 47.3 Å². The zero-order valence-corrected chi connectivity index (χ0v) is 7.06. The van der Waals surface area contributed by atoms with Crippen molar-refractivity contribution >= 4 is 24.2 Å². The predicted molar refractivity (Wildman–Crippen MR) is 50.0 cm³/mol. The van der Waals surface area contributed by atoms with Gasteiger partial charge >= 0.3 is 0 Å². The first kappa shape index (κ1) is 8.07. The Labute approximate surface area is 71.1 Å². The third-order valence-electron chi connectivity index (χ3n) is 1.36. The molecule has 0 spiro atoms. The molecule has 1 aromatic rings. The molecule has 3 N–H and O–H groups in total. The van der Waals surface area contributed by atoms with Gasteiger partial charge in [-0.15, -0.1) is 0 Å². The summed E-state index contributed by atoms with van der Waals surface area (Å²) in [6, 6.07) is 5.37. The molecule has 60 valence electrons. The van der Waals surface area contributed by atoms with Crippen LogP contribution < -0.4 is 15.2 Å². The van der Waals surface area contributed by atoms with Crippen LogP contribution in [0.3, 0.4) is 0 Å². The molecule has 0 radical (unpaired) electrons. The van der Waals surface area contributed by atoms with E-state index < -0.39 is 0 Å². The molecular formula is C7H10N2OS. The van der Waals surface area contributed by atoms with E-state index in [9.17, 15) is 0 Å². The van der Waals surface area contributed by atoms with E-state index in [4.69, 9.17) is 10.5 Å². The Balaban J connectivity index is 3.02. The molecule has 1 rings (SSSR count). The average molecular weight is 170 g/mol. The maximum atomic E-state index is 5.58. The fraction of sp³-hybridized carbons (Fsp3) is 0.143. The molecule has 3 nitrogen and oxygen atoms in total. The van der Waals surface area contributed by atoms with E-state index in [-0.39, 0.29) is 0 Å². The molecule has 0 saturated carbocycles. The van der Waals surface area contributed by atoms with Gasteiger partial charge in [0.15, 0.2) is 0 Å². The van der Waals surface area contributed by atoms with Crippen LogP contribution in [0.1, 0.15) is 0 Å². The Bertz CT molecular complexity index is 252. The summed E-state index contributed by atoms with van der Waals surface area (Å²) in [6.07, 6.45) is 0. The lowest BCUT2D eigenvalue weighted by Crippen LogP contribution is -1.92. The number of hydrogen-bond acceptors (Lipinski definition) is 4. The molecule has 0 bridgehead atoms. The van der Waals surface area contributed by atoms with Crippen LogP contribution in [0.5, 0.6) is 5.75 Å². The van der Waals surface area contributed by atoms with Gasteiger partial charge in [0.1, 0.15) is 5.75 Å². The summed E-state index contributed by atoms with van der Waals surface area (Å²) in [7, 11) is 1.58. The smallest absolute Gasteiger partial charge is 0.143 e. The van der Waals surface area contributed by atoms with E-state index in [1.54, 1.807) is 19.2 Å². The first-order valence-electron chi connectivity index (χ1n) is 3.11. The van der Waals surface area contributed by atoms with E-state index in [0.29, 0.717) is 11.4 Å². The molecule has 0 unspecified atom stereocenters. The van der Waals surface area contributed by atoms with Crippen LogP contribution in [0, 0.1) is 0 Å². The second-order valence-electron chi connectivity index (χ2n) is 2.07. The lowest BCUT2D eigenvalue weighted by Gasteiger charge is -2.05. The average Bonchev–Trinajstić information content (AvgIpc) is 2.05. The number of benzene rings is 1. The molecule has 0 heterocycles. The van der Waals surface area contributed by atoms with Crippen molar-refractivity contribution in [1.82, 2.24) is 0 Å². The van der Waals surface area contributed by atoms with Crippen molar-refractivity contribution in [2.24, 2.45) is 0 Å². The third-order valence-corrected chi connectivity index (χ3v) is 1.62. The van der Waals surface area contributed by atoms with Gasteiger partial charge in [-0.25, -0.2) is 0 Å². The van der Waals surface area contributed by atoms with E-state index in [1.165, 1.54) is 0 Å². The van der Waals surface area contributed by atoms with Crippen LogP contribution in [0.25, 0.3) is 0 Å². The Kier molecular flexibility index (Phi) is 2.48. The van der Waals surface area contributed by atoms with Crippen molar-refractivity contribution in [3.05, 3.63) is 18.2 Å². The Hall–Kier alpha value is -1.03. The largest absolute Gasteiger partial charge is 0.495 e. The number of nitrogens with two attached hydrogens (primary N) is 1. The maximum absolute atomic E-state index is 5.58. The van der Waals surface area contributed by atoms with E-state index in [1.807, 2.05) is 6.07 Å². The van der Waals surface area contributed by atoms with Crippen LogP contribution in [0.4, 0.5) is 11.4 Å². The number of ether oxygens (including phenoxy) is 1. The van der Waals surface area contributed by atoms with Gasteiger partial charge in [-0.1, -0.05) is 12.8 Å². The minimum absolute atomic E-state index is 0.625. The van der Waals surface area contributed by atoms with E-state index in [0.717, 1.165) is 5.69 Å². The Morgan fingerprint density at radius 2 is 2.27 bits per heavy atom. The monoisotopic (exact) mass is 170 g/mol. The van der Waals surface area contributed by atoms with Crippen LogP contribution in [-0.2, 0) is 0 Å². The number of thiol groups is 1. The zero-order valence-electron chi connectivity index (χ0n) is 6.16. The summed E-state index contributed by atoms with van der Waals surface area (Å²) in [5.41, 5.74) is 7.06. The molecular weight excluding hydrogens is 160 g/mol. The fourth-order valence-corrected chi connectivity index (χ4v) is 0.920. The lowest BCUT2D eigenvalue weighted by molar-refractivity contribution is 0.417. The highest BCUT2D eigenvalue weighted by molar-refractivity contribution is 7.81. The number of nitrogen functional groups attached to an aromatic ring is 1. The van der Waals surface area contributed by atoms with E-state index in [2.05, 4.69) is 17.5 Å². The van der Waals surface area contributed by atoms with Crippen molar-refractivity contribution < 1.29 is 4.74 Å². The molecule has 0 aliphatic heterocycles. The summed E-state index contributed by atoms with van der Waals surface area (Å²) in [5.74, 6) is 0.657. The SMILES string of the molecule is COc1cc(NS)ccc1N. The standard InChI is InChI=1S/C7H10N2OS/c1-10-7-4-5(9-11)2-3-6(7)8/h2-4,9,11H,8H2,1H3. The van der Waals surface area contributed by atoms with Crippen LogP contribution in [0.2, 0.25) is 0 Å². The van der Waals surface area contributed by atoms with Crippen molar-refractivity contribution in [3.8, 4) is 5.75 Å². The zero-order chi connectivity index (χ0) is 8.27. The highest BCUT2D eigenvalue weighted by Crippen LogP contribution is 2.24. The molecule has 1 aromatic carbocycles. The number of anilines is 2. The first-order chi connectivity index (χ1) is 5.27. The molecule has 0 aliphatic rings. The van der Waals surface area contributed by atoms with Gasteiger partial charge in [0, 0.05) is 11.8 Å². The van der Waals surface area contributed by atoms with Crippen LogP contribution in [0.15, 0.2) is 18.2 Å². The first-order valence-corrected chi connectivity index (χ1v) is 3.56. The van der Waals surface area contributed by atoms with Gasteiger partial charge in [-0.05, 0) is 12.1 Å². The molecule has 0 amide bonds. The highest BCUT2D eigenvalue weighted by Gasteiger charge is 1.98. The van der Waals surface area contributed by atoms with Gasteiger partial charge in [0.05, 0.1) is 12.8 Å². The fourth-order valence-electron chi connectivity index (χ4n) is 0.781. The molecule has 0 atom stereocenters.